The zero-order valence-electron chi connectivity index (χ0n) is 24.6. The fraction of sp³-hybridized carbons (Fsp3) is 0.500. The Labute approximate surface area is 252 Å². The number of aryl methyl sites for hydroxylation is 1. The van der Waals surface area contributed by atoms with Gasteiger partial charge in [-0.1, -0.05) is 48.5 Å². The summed E-state index contributed by atoms with van der Waals surface area (Å²) in [5.41, 5.74) is 8.63. The van der Waals surface area contributed by atoms with Gasteiger partial charge in [0.15, 0.2) is 0 Å². The predicted octanol–water partition coefficient (Wildman–Crippen LogP) is 6.65. The van der Waals surface area contributed by atoms with Crippen LogP contribution in [0.5, 0.6) is 0 Å². The molecule has 5 rings (SSSR count). The number of pyridine rings is 1. The molecule has 3 aromatic rings. The third kappa shape index (κ3) is 6.69. The summed E-state index contributed by atoms with van der Waals surface area (Å²) in [6.07, 6.45) is 9.04. The van der Waals surface area contributed by atoms with Crippen molar-refractivity contribution in [2.24, 2.45) is 16.6 Å². The van der Waals surface area contributed by atoms with Gasteiger partial charge in [-0.15, -0.1) is 0 Å². The lowest BCUT2D eigenvalue weighted by atomic mass is 9.85. The van der Waals surface area contributed by atoms with Gasteiger partial charge in [-0.05, 0) is 69.5 Å². The van der Waals surface area contributed by atoms with Crippen LogP contribution in [0.3, 0.4) is 0 Å². The highest BCUT2D eigenvalue weighted by Crippen LogP contribution is 2.37. The normalized spacial score (nSPS) is 20.0. The van der Waals surface area contributed by atoms with Crippen molar-refractivity contribution < 1.29 is 9.26 Å². The Hall–Kier alpha value is -3.27. The van der Waals surface area contributed by atoms with E-state index in [1.54, 1.807) is 19.1 Å². The molecule has 0 bridgehead atoms. The number of hydrogen-bond donors (Lipinski definition) is 2. The van der Waals surface area contributed by atoms with Crippen molar-refractivity contribution >= 4 is 29.3 Å². The van der Waals surface area contributed by atoms with E-state index in [-0.39, 0.29) is 17.6 Å². The standard InChI is InChI=1S/C32H41ClN6O3/c1-4-6-29(36-24-13-15-41-16-14-24)37-31-22(5-2)17-27(32(40)39(31)25-10-7-21(19-34)8-11-25)26-12-9-23(18-28(26)33)30-35-20(3)42-38-30/h5,9,12,17-18,21,24-25H,2,4,6-8,10-11,13-16,19,34H2,1,3H3,(H,36,37). The van der Waals surface area contributed by atoms with Crippen LogP contribution in [-0.2, 0) is 4.74 Å². The molecule has 0 amide bonds. The maximum absolute atomic E-state index is 14.5. The Morgan fingerprint density at radius 3 is 2.57 bits per heavy atom. The highest BCUT2D eigenvalue weighted by molar-refractivity contribution is 6.33. The van der Waals surface area contributed by atoms with E-state index < -0.39 is 0 Å². The van der Waals surface area contributed by atoms with E-state index in [2.05, 4.69) is 29.0 Å². The first-order valence-corrected chi connectivity index (χ1v) is 15.4. The van der Waals surface area contributed by atoms with Crippen molar-refractivity contribution in [2.45, 2.75) is 77.3 Å². The van der Waals surface area contributed by atoms with Gasteiger partial charge in [-0.3, -0.25) is 14.4 Å². The second kappa shape index (κ2) is 13.8. The summed E-state index contributed by atoms with van der Waals surface area (Å²) in [7, 11) is 0. The number of nitrogens with two attached hydrogens (primary N) is 1. The molecular formula is C32H41ClN6O3. The van der Waals surface area contributed by atoms with Crippen molar-refractivity contribution in [1.29, 1.82) is 0 Å². The lowest BCUT2D eigenvalue weighted by Gasteiger charge is -2.32. The minimum Gasteiger partial charge on any atom is -0.381 e. The summed E-state index contributed by atoms with van der Waals surface area (Å²) < 4.78 is 12.6. The molecule has 224 valence electrons. The fourth-order valence-corrected chi connectivity index (χ4v) is 6.26. The van der Waals surface area contributed by atoms with Gasteiger partial charge in [0.1, 0.15) is 11.7 Å². The average molecular weight is 593 g/mol. The van der Waals surface area contributed by atoms with E-state index in [1.807, 2.05) is 22.8 Å². The molecule has 10 heteroatoms. The van der Waals surface area contributed by atoms with Crippen LogP contribution in [0.2, 0.25) is 5.02 Å². The maximum Gasteiger partial charge on any atom is 0.260 e. The fourth-order valence-electron chi connectivity index (χ4n) is 5.98. The van der Waals surface area contributed by atoms with E-state index in [0.717, 1.165) is 87.4 Å². The van der Waals surface area contributed by atoms with Gasteiger partial charge in [0.2, 0.25) is 11.7 Å². The molecule has 2 aromatic heterocycles. The van der Waals surface area contributed by atoms with Gasteiger partial charge >= 0.3 is 0 Å². The quantitative estimate of drug-likeness (QED) is 0.211. The Morgan fingerprint density at radius 2 is 1.95 bits per heavy atom. The van der Waals surface area contributed by atoms with Crippen molar-refractivity contribution in [3.8, 4) is 22.5 Å². The molecule has 42 heavy (non-hydrogen) atoms. The van der Waals surface area contributed by atoms with E-state index in [9.17, 15) is 4.79 Å². The van der Waals surface area contributed by atoms with Crippen LogP contribution >= 0.6 is 11.6 Å². The SMILES string of the molecule is C=Cc1cc(-c2ccc(-c3noc(C)n3)cc2Cl)c(=O)n(C2CCC(CN)CC2)c1NC(CCC)=NC1CCOCC1. The number of amidine groups is 1. The van der Waals surface area contributed by atoms with Crippen LogP contribution in [0.4, 0.5) is 5.82 Å². The number of nitrogens with one attached hydrogen (secondary N) is 1. The molecule has 0 radical (unpaired) electrons. The number of halogens is 1. The highest BCUT2D eigenvalue weighted by atomic mass is 35.5. The number of nitrogens with zero attached hydrogens (tertiary/aromatic N) is 4. The second-order valence-electron chi connectivity index (χ2n) is 11.3. The number of hydrogen-bond acceptors (Lipinski definition) is 7. The third-order valence-corrected chi connectivity index (χ3v) is 8.63. The highest BCUT2D eigenvalue weighted by Gasteiger charge is 2.27. The maximum atomic E-state index is 14.5. The third-order valence-electron chi connectivity index (χ3n) is 8.32. The van der Waals surface area contributed by atoms with Gasteiger partial charge in [0.05, 0.1) is 6.04 Å². The summed E-state index contributed by atoms with van der Waals surface area (Å²) in [4.78, 5) is 23.9. The molecule has 0 unspecified atom stereocenters. The van der Waals surface area contributed by atoms with E-state index in [0.29, 0.717) is 40.3 Å². The first kappa shape index (κ1) is 30.2. The average Bonchev–Trinajstić information content (AvgIpc) is 3.44. The molecule has 1 aliphatic heterocycles. The van der Waals surface area contributed by atoms with Crippen LogP contribution in [-0.4, -0.2) is 46.3 Å². The molecule has 9 nitrogen and oxygen atoms in total. The predicted molar refractivity (Wildman–Crippen MR) is 169 cm³/mol. The second-order valence-corrected chi connectivity index (χ2v) is 11.7. The first-order chi connectivity index (χ1) is 20.4. The van der Waals surface area contributed by atoms with E-state index in [1.165, 1.54) is 0 Å². The zero-order chi connectivity index (χ0) is 29.6. The van der Waals surface area contributed by atoms with E-state index >= 15 is 0 Å². The Kier molecular flexibility index (Phi) is 9.92. The largest absolute Gasteiger partial charge is 0.381 e. The monoisotopic (exact) mass is 592 g/mol. The smallest absolute Gasteiger partial charge is 0.260 e. The van der Waals surface area contributed by atoms with Crippen molar-refractivity contribution in [2.75, 3.05) is 25.1 Å². The number of ether oxygens (including phenoxy) is 1. The van der Waals surface area contributed by atoms with Crippen molar-refractivity contribution in [3.63, 3.8) is 0 Å². The van der Waals surface area contributed by atoms with Gasteiger partial charge in [-0.2, -0.15) is 4.98 Å². The van der Waals surface area contributed by atoms with Gasteiger partial charge < -0.3 is 20.3 Å². The van der Waals surface area contributed by atoms with Gasteiger partial charge in [-0.25, -0.2) is 0 Å². The van der Waals surface area contributed by atoms with E-state index in [4.69, 9.17) is 31.6 Å². The molecule has 2 aliphatic rings. The summed E-state index contributed by atoms with van der Waals surface area (Å²) >= 11 is 6.82. The number of aliphatic imine (C=N–C) groups is 1. The summed E-state index contributed by atoms with van der Waals surface area (Å²) in [6, 6.07) is 7.60. The van der Waals surface area contributed by atoms with Gasteiger partial charge in [0.25, 0.3) is 5.56 Å². The molecule has 1 saturated carbocycles. The zero-order valence-corrected chi connectivity index (χ0v) is 25.3. The molecule has 0 spiro atoms. The molecule has 1 saturated heterocycles. The Bertz CT molecular complexity index is 1480. The topological polar surface area (TPSA) is 121 Å². The van der Waals surface area contributed by atoms with Crippen LogP contribution in [0, 0.1) is 12.8 Å². The molecule has 3 heterocycles. The molecule has 1 aromatic carbocycles. The molecule has 3 N–H and O–H groups in total. The minimum absolute atomic E-state index is 0.0211. The van der Waals surface area contributed by atoms with Crippen molar-refractivity contribution in [1.82, 2.24) is 14.7 Å². The number of anilines is 1. The summed E-state index contributed by atoms with van der Waals surface area (Å²) in [5, 5.41) is 8.06. The minimum atomic E-state index is -0.0914. The van der Waals surface area contributed by atoms with Crippen LogP contribution in [0.1, 0.15) is 75.8 Å². The Morgan fingerprint density at radius 1 is 1.19 bits per heavy atom. The lowest BCUT2D eigenvalue weighted by Crippen LogP contribution is -2.34. The molecule has 2 fully saturated rings. The van der Waals surface area contributed by atoms with Crippen LogP contribution in [0.25, 0.3) is 28.6 Å². The number of rotatable bonds is 9. The van der Waals surface area contributed by atoms with Crippen LogP contribution < -0.4 is 16.6 Å². The van der Waals surface area contributed by atoms with Gasteiger partial charge in [0, 0.05) is 59.9 Å². The number of benzene rings is 1. The van der Waals surface area contributed by atoms with Crippen molar-refractivity contribution in [3.05, 3.63) is 57.7 Å². The van der Waals surface area contributed by atoms with Crippen LogP contribution in [0.15, 0.2) is 45.2 Å². The molecule has 1 aliphatic carbocycles. The first-order valence-electron chi connectivity index (χ1n) is 15.1. The molecular weight excluding hydrogens is 552 g/mol. The Balaban J connectivity index is 1.60. The summed E-state index contributed by atoms with van der Waals surface area (Å²) in [5.74, 6) is 3.04. The molecule has 0 atom stereocenters. The lowest BCUT2D eigenvalue weighted by molar-refractivity contribution is 0.0871. The summed E-state index contributed by atoms with van der Waals surface area (Å²) in [6.45, 7) is 10.1. The number of aromatic nitrogens is 3.